The zero-order valence-corrected chi connectivity index (χ0v) is 17.0. The number of benzene rings is 1. The van der Waals surface area contributed by atoms with E-state index in [0.717, 1.165) is 11.4 Å². The molecule has 28 heavy (non-hydrogen) atoms. The minimum Gasteiger partial charge on any atom is -0.435 e. The largest absolute Gasteiger partial charge is 0.435 e. The van der Waals surface area contributed by atoms with E-state index in [0.29, 0.717) is 33.0 Å². The lowest BCUT2D eigenvalue weighted by atomic mass is 10.3. The summed E-state index contributed by atoms with van der Waals surface area (Å²) in [5.74, 6) is 0.802. The molecule has 1 aromatic carbocycles. The predicted molar refractivity (Wildman–Crippen MR) is 112 cm³/mol. The maximum atomic E-state index is 12.3. The van der Waals surface area contributed by atoms with Crippen molar-refractivity contribution in [3.8, 4) is 11.6 Å². The van der Waals surface area contributed by atoms with Gasteiger partial charge in [0.1, 0.15) is 5.02 Å². The van der Waals surface area contributed by atoms with E-state index in [1.807, 2.05) is 30.5 Å². The summed E-state index contributed by atoms with van der Waals surface area (Å²) in [6, 6.07) is 10.5. The van der Waals surface area contributed by atoms with Crippen molar-refractivity contribution in [2.45, 2.75) is 13.5 Å². The monoisotopic (exact) mass is 432 g/mol. The van der Waals surface area contributed by atoms with Gasteiger partial charge in [-0.15, -0.1) is 11.3 Å². The molecule has 6 nitrogen and oxygen atoms in total. The number of anilines is 1. The van der Waals surface area contributed by atoms with Crippen LogP contribution in [-0.4, -0.2) is 14.4 Å². The Morgan fingerprint density at radius 1 is 1.25 bits per heavy atom. The standard InChI is InChI=1S/C19H14Cl2N4O2S/c1-11-10-28-19-24-13(7-17(26)25(11)19)9-22-15-4-2-3-5-16(15)27-18-14(21)6-12(20)8-23-18/h2-8,10,22H,9H2,1H3. The van der Waals surface area contributed by atoms with Crippen molar-refractivity contribution in [2.24, 2.45) is 0 Å². The zero-order valence-electron chi connectivity index (χ0n) is 14.6. The van der Waals surface area contributed by atoms with E-state index < -0.39 is 0 Å². The molecule has 9 heteroatoms. The molecule has 0 spiro atoms. The second-order valence-corrected chi connectivity index (χ2v) is 7.65. The molecular formula is C19H14Cl2N4O2S. The van der Waals surface area contributed by atoms with Crippen LogP contribution in [0.15, 0.2) is 52.8 Å². The maximum Gasteiger partial charge on any atom is 0.259 e. The van der Waals surface area contributed by atoms with Crippen LogP contribution in [0.1, 0.15) is 11.4 Å². The molecule has 0 atom stereocenters. The fourth-order valence-electron chi connectivity index (χ4n) is 2.66. The average molecular weight is 433 g/mol. The molecule has 0 unspecified atom stereocenters. The fraction of sp³-hybridized carbons (Fsp3) is 0.105. The minimum absolute atomic E-state index is 0.0952. The van der Waals surface area contributed by atoms with Crippen LogP contribution in [0.25, 0.3) is 4.96 Å². The molecule has 142 valence electrons. The lowest BCUT2D eigenvalue weighted by Crippen LogP contribution is -2.16. The second kappa shape index (κ2) is 7.79. The van der Waals surface area contributed by atoms with E-state index in [9.17, 15) is 4.79 Å². The van der Waals surface area contributed by atoms with Crippen LogP contribution in [0.2, 0.25) is 10.0 Å². The molecule has 0 radical (unpaired) electrons. The van der Waals surface area contributed by atoms with Gasteiger partial charge in [0.15, 0.2) is 10.7 Å². The van der Waals surface area contributed by atoms with Gasteiger partial charge in [-0.3, -0.25) is 9.20 Å². The van der Waals surface area contributed by atoms with Crippen molar-refractivity contribution < 1.29 is 4.74 Å². The van der Waals surface area contributed by atoms with Crippen molar-refractivity contribution in [2.75, 3.05) is 5.32 Å². The molecule has 0 bridgehead atoms. The number of rotatable bonds is 5. The first-order valence-electron chi connectivity index (χ1n) is 8.30. The summed E-state index contributed by atoms with van der Waals surface area (Å²) < 4.78 is 7.43. The van der Waals surface area contributed by atoms with E-state index in [2.05, 4.69) is 15.3 Å². The van der Waals surface area contributed by atoms with Crippen molar-refractivity contribution in [1.82, 2.24) is 14.4 Å². The van der Waals surface area contributed by atoms with E-state index in [-0.39, 0.29) is 11.4 Å². The average Bonchev–Trinajstić information content (AvgIpc) is 3.04. The number of nitrogens with one attached hydrogen (secondary N) is 1. The highest BCUT2D eigenvalue weighted by Gasteiger charge is 2.11. The Morgan fingerprint density at radius 3 is 2.89 bits per heavy atom. The highest BCUT2D eigenvalue weighted by Crippen LogP contribution is 2.33. The number of halogens is 2. The topological polar surface area (TPSA) is 68.5 Å². The van der Waals surface area contributed by atoms with Gasteiger partial charge in [0.25, 0.3) is 5.56 Å². The molecule has 4 rings (SSSR count). The van der Waals surface area contributed by atoms with Crippen molar-refractivity contribution in [3.05, 3.63) is 79.8 Å². The number of para-hydroxylation sites is 2. The molecule has 1 N–H and O–H groups in total. The summed E-state index contributed by atoms with van der Waals surface area (Å²) in [4.78, 5) is 21.6. The van der Waals surface area contributed by atoms with Gasteiger partial charge in [-0.1, -0.05) is 35.3 Å². The number of aromatic nitrogens is 3. The Labute approximate surface area is 174 Å². The molecular weight excluding hydrogens is 419 g/mol. The predicted octanol–water partition coefficient (Wildman–Crippen LogP) is 5.17. The summed E-state index contributed by atoms with van der Waals surface area (Å²) in [6.07, 6.45) is 1.47. The number of ether oxygens (including phenoxy) is 1. The zero-order chi connectivity index (χ0) is 19.7. The molecule has 0 saturated carbocycles. The molecule has 0 saturated heterocycles. The van der Waals surface area contributed by atoms with Gasteiger partial charge in [-0.25, -0.2) is 9.97 Å². The molecule has 0 amide bonds. The number of hydrogen-bond acceptors (Lipinski definition) is 6. The third-order valence-electron chi connectivity index (χ3n) is 3.96. The summed E-state index contributed by atoms with van der Waals surface area (Å²) in [7, 11) is 0. The number of nitrogens with zero attached hydrogens (tertiary/aromatic N) is 3. The smallest absolute Gasteiger partial charge is 0.259 e. The minimum atomic E-state index is -0.0952. The Kier molecular flexibility index (Phi) is 5.21. The van der Waals surface area contributed by atoms with Crippen LogP contribution in [-0.2, 0) is 6.54 Å². The van der Waals surface area contributed by atoms with Crippen LogP contribution in [0.3, 0.4) is 0 Å². The van der Waals surface area contributed by atoms with Gasteiger partial charge in [0.05, 0.1) is 22.9 Å². The number of hydrogen-bond donors (Lipinski definition) is 1. The van der Waals surface area contributed by atoms with E-state index in [4.69, 9.17) is 27.9 Å². The fourth-order valence-corrected chi connectivity index (χ4v) is 3.97. The molecule has 4 aromatic rings. The second-order valence-electron chi connectivity index (χ2n) is 5.97. The third kappa shape index (κ3) is 3.82. The Hall–Kier alpha value is -2.61. The van der Waals surface area contributed by atoms with E-state index in [1.165, 1.54) is 23.6 Å². The molecule has 0 fully saturated rings. The van der Waals surface area contributed by atoms with Crippen LogP contribution in [0, 0.1) is 6.92 Å². The molecule has 0 aliphatic heterocycles. The molecule has 0 aliphatic carbocycles. The van der Waals surface area contributed by atoms with Crippen LogP contribution in [0.4, 0.5) is 5.69 Å². The van der Waals surface area contributed by atoms with Gasteiger partial charge in [0.2, 0.25) is 5.88 Å². The maximum absolute atomic E-state index is 12.3. The van der Waals surface area contributed by atoms with Gasteiger partial charge in [-0.2, -0.15) is 0 Å². The highest BCUT2D eigenvalue weighted by molar-refractivity contribution is 7.15. The van der Waals surface area contributed by atoms with E-state index >= 15 is 0 Å². The SMILES string of the molecule is Cc1csc2nc(CNc3ccccc3Oc3ncc(Cl)cc3Cl)cc(=O)n12. The first kappa shape index (κ1) is 18.7. The summed E-state index contributed by atoms with van der Waals surface area (Å²) >= 11 is 13.5. The lowest BCUT2D eigenvalue weighted by molar-refractivity contribution is 0.465. The van der Waals surface area contributed by atoms with E-state index in [1.54, 1.807) is 16.5 Å². The summed E-state index contributed by atoms with van der Waals surface area (Å²) in [6.45, 7) is 2.25. The quantitative estimate of drug-likeness (QED) is 0.470. The normalized spacial score (nSPS) is 11.0. The first-order valence-corrected chi connectivity index (χ1v) is 9.93. The first-order chi connectivity index (χ1) is 13.5. The molecule has 3 heterocycles. The number of fused-ring (bicyclic) bond motifs is 1. The molecule has 3 aromatic heterocycles. The Balaban J connectivity index is 1.57. The van der Waals surface area contributed by atoms with Crippen molar-refractivity contribution in [3.63, 3.8) is 0 Å². The summed E-state index contributed by atoms with van der Waals surface area (Å²) in [5.41, 5.74) is 2.15. The van der Waals surface area contributed by atoms with Gasteiger partial charge in [-0.05, 0) is 25.1 Å². The Bertz CT molecular complexity index is 1220. The molecule has 0 aliphatic rings. The lowest BCUT2D eigenvalue weighted by Gasteiger charge is -2.13. The van der Waals surface area contributed by atoms with Gasteiger partial charge >= 0.3 is 0 Å². The Morgan fingerprint density at radius 2 is 2.07 bits per heavy atom. The van der Waals surface area contributed by atoms with Crippen LogP contribution < -0.4 is 15.6 Å². The van der Waals surface area contributed by atoms with Crippen LogP contribution in [0.5, 0.6) is 11.6 Å². The van der Waals surface area contributed by atoms with Crippen molar-refractivity contribution in [1.29, 1.82) is 0 Å². The highest BCUT2D eigenvalue weighted by atomic mass is 35.5. The number of pyridine rings is 1. The summed E-state index contributed by atoms with van der Waals surface area (Å²) in [5, 5.41) is 5.91. The number of aryl methyl sites for hydroxylation is 1. The number of thiazole rings is 1. The van der Waals surface area contributed by atoms with Crippen molar-refractivity contribution >= 4 is 45.2 Å². The third-order valence-corrected chi connectivity index (χ3v) is 5.38. The van der Waals surface area contributed by atoms with Crippen LogP contribution >= 0.6 is 34.5 Å². The van der Waals surface area contributed by atoms with Gasteiger partial charge in [0, 0.05) is 23.3 Å². The van der Waals surface area contributed by atoms with Gasteiger partial charge < -0.3 is 10.1 Å².